The van der Waals surface area contributed by atoms with Crippen LogP contribution in [0, 0.1) is 0 Å². The van der Waals surface area contributed by atoms with Crippen LogP contribution in [-0.2, 0) is 4.74 Å². The summed E-state index contributed by atoms with van der Waals surface area (Å²) in [4.78, 5) is 17.0. The zero-order chi connectivity index (χ0) is 13.1. The van der Waals surface area contributed by atoms with Crippen molar-refractivity contribution in [3.63, 3.8) is 0 Å². The second kappa shape index (κ2) is 4.84. The van der Waals surface area contributed by atoms with E-state index in [9.17, 15) is 0 Å². The Hall–Kier alpha value is -2.78. The molecule has 2 aliphatic heterocycles. The number of aliphatic imine (C=N–C) groups is 1. The normalized spacial score (nSPS) is 20.5. The predicted octanol–water partition coefficient (Wildman–Crippen LogP) is 0.830. The molecular formula is C14H10N4O. The lowest BCUT2D eigenvalue weighted by Crippen LogP contribution is -2.26. The molecule has 0 saturated heterocycles. The quantitative estimate of drug-likeness (QED) is 0.640. The minimum atomic E-state index is 0.272. The number of ether oxygens (including phenoxy) is 1. The standard InChI is InChI=1S/C14H10N4O/c1-10-18-12-8-15-7-5-11(12)17-9-13-14(19-10)4-2-3-6-16-13/h3-8H,1,9H2/b17-11-,18-12-. The van der Waals surface area contributed by atoms with Crippen molar-refractivity contribution >= 4 is 6.21 Å². The molecule has 0 fully saturated rings. The van der Waals surface area contributed by atoms with Crippen LogP contribution < -0.4 is 10.7 Å². The molecule has 0 unspecified atom stereocenters. The summed E-state index contributed by atoms with van der Waals surface area (Å²) in [5.74, 6) is 0.831. The molecule has 0 aliphatic carbocycles. The van der Waals surface area contributed by atoms with E-state index in [1.54, 1.807) is 36.8 Å². The lowest BCUT2D eigenvalue weighted by molar-refractivity contribution is 0.312. The summed E-state index contributed by atoms with van der Waals surface area (Å²) >= 11 is 0. The van der Waals surface area contributed by atoms with Crippen LogP contribution in [0.5, 0.6) is 0 Å². The molecule has 2 aliphatic rings. The van der Waals surface area contributed by atoms with Gasteiger partial charge in [-0.15, -0.1) is 5.73 Å². The van der Waals surface area contributed by atoms with Crippen molar-refractivity contribution in [2.45, 2.75) is 0 Å². The van der Waals surface area contributed by atoms with Gasteiger partial charge >= 0.3 is 0 Å². The van der Waals surface area contributed by atoms with E-state index in [2.05, 4.69) is 32.3 Å². The number of aromatic nitrogens is 1. The maximum absolute atomic E-state index is 5.59. The highest BCUT2D eigenvalue weighted by molar-refractivity contribution is 5.72. The van der Waals surface area contributed by atoms with Crippen molar-refractivity contribution < 1.29 is 4.74 Å². The molecule has 3 heterocycles. The van der Waals surface area contributed by atoms with Crippen LogP contribution in [0.2, 0.25) is 0 Å². The fourth-order valence-corrected chi connectivity index (χ4v) is 1.69. The van der Waals surface area contributed by atoms with Crippen LogP contribution in [0.25, 0.3) is 0 Å². The molecule has 92 valence electrons. The molecule has 0 N–H and O–H groups in total. The smallest absolute Gasteiger partial charge is 0.212 e. The summed E-state index contributed by atoms with van der Waals surface area (Å²) in [5, 5.41) is 1.37. The molecule has 0 aromatic carbocycles. The van der Waals surface area contributed by atoms with E-state index in [0.29, 0.717) is 23.4 Å². The molecule has 0 bridgehead atoms. The molecular weight excluding hydrogens is 240 g/mol. The third-order valence-electron chi connectivity index (χ3n) is 2.55. The van der Waals surface area contributed by atoms with Gasteiger partial charge in [0, 0.05) is 18.5 Å². The van der Waals surface area contributed by atoms with Crippen LogP contribution in [0.4, 0.5) is 0 Å². The first-order valence-electron chi connectivity index (χ1n) is 5.71. The summed E-state index contributed by atoms with van der Waals surface area (Å²) in [6.45, 7) is 4.18. The van der Waals surface area contributed by atoms with E-state index in [4.69, 9.17) is 4.74 Å². The molecule has 1 aromatic rings. The van der Waals surface area contributed by atoms with Gasteiger partial charge in [-0.1, -0.05) is 0 Å². The molecule has 5 heteroatoms. The Balaban J connectivity index is 2.18. The Morgan fingerprint density at radius 1 is 1.32 bits per heavy atom. The fourth-order valence-electron chi connectivity index (χ4n) is 1.69. The number of nitrogens with zero attached hydrogens (tertiary/aromatic N) is 4. The van der Waals surface area contributed by atoms with E-state index < -0.39 is 0 Å². The second-order valence-corrected chi connectivity index (χ2v) is 3.86. The molecule has 0 saturated carbocycles. The van der Waals surface area contributed by atoms with Crippen LogP contribution in [-0.4, -0.2) is 17.7 Å². The SMILES string of the molecule is C=C1/N=c2/cncc/c2=N/CC2=C(C=C=CC=N2)O1. The van der Waals surface area contributed by atoms with Gasteiger partial charge in [-0.25, -0.2) is 4.99 Å². The maximum Gasteiger partial charge on any atom is 0.212 e. The van der Waals surface area contributed by atoms with Gasteiger partial charge in [0.15, 0.2) is 5.76 Å². The molecule has 0 atom stereocenters. The number of hydrogen-bond donors (Lipinski definition) is 0. The monoisotopic (exact) mass is 250 g/mol. The highest BCUT2D eigenvalue weighted by atomic mass is 16.5. The van der Waals surface area contributed by atoms with Gasteiger partial charge in [0.2, 0.25) is 5.88 Å². The van der Waals surface area contributed by atoms with Gasteiger partial charge in [0.05, 0.1) is 18.1 Å². The van der Waals surface area contributed by atoms with E-state index in [0.717, 1.165) is 5.36 Å². The lowest BCUT2D eigenvalue weighted by Gasteiger charge is -2.06. The first kappa shape index (κ1) is 11.3. The fraction of sp³-hybridized carbons (Fsp3) is 0.0714. The number of hydrogen-bond acceptors (Lipinski definition) is 5. The topological polar surface area (TPSA) is 59.2 Å². The van der Waals surface area contributed by atoms with Gasteiger partial charge in [0.25, 0.3) is 0 Å². The number of rotatable bonds is 0. The van der Waals surface area contributed by atoms with Gasteiger partial charge in [0.1, 0.15) is 11.1 Å². The summed E-state index contributed by atoms with van der Waals surface area (Å²) in [5.41, 5.74) is 3.65. The molecule has 19 heavy (non-hydrogen) atoms. The van der Waals surface area contributed by atoms with E-state index in [1.807, 2.05) is 0 Å². The Morgan fingerprint density at radius 2 is 2.26 bits per heavy atom. The zero-order valence-electron chi connectivity index (χ0n) is 10.1. The molecule has 0 spiro atoms. The van der Waals surface area contributed by atoms with Crippen molar-refractivity contribution in [1.82, 2.24) is 4.98 Å². The summed E-state index contributed by atoms with van der Waals surface area (Å²) in [6, 6.07) is 1.80. The minimum Gasteiger partial charge on any atom is -0.437 e. The summed E-state index contributed by atoms with van der Waals surface area (Å²) < 4.78 is 5.59. The number of allylic oxidation sites excluding steroid dienone is 1. The Kier molecular flexibility index (Phi) is 2.88. The lowest BCUT2D eigenvalue weighted by atomic mass is 10.3. The van der Waals surface area contributed by atoms with Crippen molar-refractivity contribution in [3.8, 4) is 0 Å². The number of fused-ring (bicyclic) bond motifs is 1. The average Bonchev–Trinajstić information content (AvgIpc) is 2.59. The largest absolute Gasteiger partial charge is 0.437 e. The Labute approximate surface area is 109 Å². The highest BCUT2D eigenvalue weighted by Crippen LogP contribution is 2.15. The summed E-state index contributed by atoms with van der Waals surface area (Å²) in [6.07, 6.45) is 8.37. The molecule has 0 radical (unpaired) electrons. The van der Waals surface area contributed by atoms with E-state index in [-0.39, 0.29) is 5.88 Å². The van der Waals surface area contributed by atoms with Crippen LogP contribution in [0.1, 0.15) is 0 Å². The predicted molar refractivity (Wildman–Crippen MR) is 69.8 cm³/mol. The molecule has 5 nitrogen and oxygen atoms in total. The van der Waals surface area contributed by atoms with Crippen molar-refractivity contribution in [2.24, 2.45) is 15.0 Å². The van der Waals surface area contributed by atoms with Gasteiger partial charge < -0.3 is 4.74 Å². The Bertz CT molecular complexity index is 780. The average molecular weight is 250 g/mol. The zero-order valence-corrected chi connectivity index (χ0v) is 10.1. The second-order valence-electron chi connectivity index (χ2n) is 3.86. The third kappa shape index (κ3) is 2.41. The third-order valence-corrected chi connectivity index (χ3v) is 2.55. The van der Waals surface area contributed by atoms with Gasteiger partial charge in [-0.2, -0.15) is 0 Å². The highest BCUT2D eigenvalue weighted by Gasteiger charge is 2.09. The minimum absolute atomic E-state index is 0.272. The van der Waals surface area contributed by atoms with E-state index >= 15 is 0 Å². The van der Waals surface area contributed by atoms with Crippen LogP contribution in [0.15, 0.2) is 75.2 Å². The van der Waals surface area contributed by atoms with Crippen LogP contribution >= 0.6 is 0 Å². The van der Waals surface area contributed by atoms with Gasteiger partial charge in [-0.3, -0.25) is 15.0 Å². The van der Waals surface area contributed by atoms with Crippen molar-refractivity contribution in [3.05, 3.63) is 71.0 Å². The number of pyridine rings is 1. The molecule has 1 aromatic heterocycles. The van der Waals surface area contributed by atoms with E-state index in [1.165, 1.54) is 0 Å². The Morgan fingerprint density at radius 3 is 3.21 bits per heavy atom. The first-order valence-corrected chi connectivity index (χ1v) is 5.71. The van der Waals surface area contributed by atoms with Crippen molar-refractivity contribution in [2.75, 3.05) is 6.54 Å². The van der Waals surface area contributed by atoms with Gasteiger partial charge in [-0.05, 0) is 18.7 Å². The molecule has 0 amide bonds. The van der Waals surface area contributed by atoms with Crippen molar-refractivity contribution in [1.29, 1.82) is 0 Å². The first-order chi connectivity index (χ1) is 9.33. The van der Waals surface area contributed by atoms with Crippen LogP contribution in [0.3, 0.4) is 0 Å². The summed E-state index contributed by atoms with van der Waals surface area (Å²) in [7, 11) is 0. The maximum atomic E-state index is 5.59. The molecule has 3 rings (SSSR count).